The second kappa shape index (κ2) is 7.02. The van der Waals surface area contributed by atoms with Crippen molar-refractivity contribution in [2.24, 2.45) is 5.92 Å². The minimum absolute atomic E-state index is 0.0200. The van der Waals surface area contributed by atoms with Crippen molar-refractivity contribution in [3.05, 3.63) is 35.2 Å². The molecule has 1 aromatic heterocycles. The molecule has 1 saturated carbocycles. The SMILES string of the molecule is CC(=O)c1sc(NC(=O)COCC2CC2)nc1-c1ccccc1. The average molecular weight is 330 g/mol. The summed E-state index contributed by atoms with van der Waals surface area (Å²) in [7, 11) is 0. The number of nitrogens with one attached hydrogen (secondary N) is 1. The summed E-state index contributed by atoms with van der Waals surface area (Å²) in [5.41, 5.74) is 1.47. The number of nitrogens with zero attached hydrogens (tertiary/aromatic N) is 1. The number of ether oxygens (including phenoxy) is 1. The van der Waals surface area contributed by atoms with E-state index in [1.165, 1.54) is 31.1 Å². The van der Waals surface area contributed by atoms with Gasteiger partial charge in [-0.25, -0.2) is 4.98 Å². The fraction of sp³-hybridized carbons (Fsp3) is 0.353. The van der Waals surface area contributed by atoms with Crippen LogP contribution in [0.5, 0.6) is 0 Å². The smallest absolute Gasteiger partial charge is 0.252 e. The lowest BCUT2D eigenvalue weighted by molar-refractivity contribution is -0.120. The molecular weight excluding hydrogens is 312 g/mol. The van der Waals surface area contributed by atoms with E-state index in [-0.39, 0.29) is 18.3 Å². The number of Topliss-reactive ketones (excluding diaryl/α,β-unsaturated/α-hetero) is 1. The van der Waals surface area contributed by atoms with Crippen molar-refractivity contribution in [3.63, 3.8) is 0 Å². The van der Waals surface area contributed by atoms with Crippen LogP contribution in [0.15, 0.2) is 30.3 Å². The third kappa shape index (κ3) is 4.24. The van der Waals surface area contributed by atoms with Gasteiger partial charge in [0.25, 0.3) is 5.91 Å². The van der Waals surface area contributed by atoms with Crippen molar-refractivity contribution in [2.45, 2.75) is 19.8 Å². The maximum Gasteiger partial charge on any atom is 0.252 e. The van der Waals surface area contributed by atoms with Crippen LogP contribution in [-0.4, -0.2) is 29.9 Å². The normalized spacial score (nSPS) is 13.8. The van der Waals surface area contributed by atoms with E-state index >= 15 is 0 Å². The fourth-order valence-electron chi connectivity index (χ4n) is 2.16. The zero-order valence-corrected chi connectivity index (χ0v) is 13.7. The monoisotopic (exact) mass is 330 g/mol. The van der Waals surface area contributed by atoms with Crippen LogP contribution in [0.2, 0.25) is 0 Å². The summed E-state index contributed by atoms with van der Waals surface area (Å²) in [6.45, 7) is 2.16. The van der Waals surface area contributed by atoms with Gasteiger partial charge in [-0.15, -0.1) is 0 Å². The highest BCUT2D eigenvalue weighted by atomic mass is 32.1. The number of aromatic nitrogens is 1. The van der Waals surface area contributed by atoms with Gasteiger partial charge in [0.15, 0.2) is 10.9 Å². The van der Waals surface area contributed by atoms with Gasteiger partial charge in [0.05, 0.1) is 17.2 Å². The van der Waals surface area contributed by atoms with Crippen LogP contribution >= 0.6 is 11.3 Å². The van der Waals surface area contributed by atoms with Gasteiger partial charge < -0.3 is 4.74 Å². The highest BCUT2D eigenvalue weighted by Crippen LogP contribution is 2.31. The van der Waals surface area contributed by atoms with Crippen LogP contribution in [0.3, 0.4) is 0 Å². The first-order chi connectivity index (χ1) is 11.1. The molecule has 0 unspecified atom stereocenters. The quantitative estimate of drug-likeness (QED) is 0.790. The molecule has 0 atom stereocenters. The molecule has 23 heavy (non-hydrogen) atoms. The number of carbonyl (C=O) groups excluding carboxylic acids is 2. The highest BCUT2D eigenvalue weighted by molar-refractivity contribution is 7.18. The van der Waals surface area contributed by atoms with Crippen molar-refractivity contribution < 1.29 is 14.3 Å². The Kier molecular flexibility index (Phi) is 4.83. The fourth-order valence-corrected chi connectivity index (χ4v) is 3.06. The zero-order chi connectivity index (χ0) is 16.2. The molecule has 0 saturated heterocycles. The Labute approximate surface area is 138 Å². The van der Waals surface area contributed by atoms with Crippen LogP contribution in [0.1, 0.15) is 29.4 Å². The van der Waals surface area contributed by atoms with Crippen LogP contribution < -0.4 is 5.32 Å². The van der Waals surface area contributed by atoms with E-state index in [1.54, 1.807) is 0 Å². The third-order valence-electron chi connectivity index (χ3n) is 3.52. The van der Waals surface area contributed by atoms with Gasteiger partial charge in [-0.05, 0) is 18.8 Å². The van der Waals surface area contributed by atoms with Crippen LogP contribution in [-0.2, 0) is 9.53 Å². The largest absolute Gasteiger partial charge is 0.371 e. The van der Waals surface area contributed by atoms with Crippen molar-refractivity contribution in [3.8, 4) is 11.3 Å². The summed E-state index contributed by atoms with van der Waals surface area (Å²) in [6, 6.07) is 9.48. The van der Waals surface area contributed by atoms with Crippen LogP contribution in [0, 0.1) is 5.92 Å². The molecule has 1 aliphatic rings. The molecular formula is C17H18N2O3S. The molecule has 1 fully saturated rings. The Bertz CT molecular complexity index is 708. The van der Waals surface area contributed by atoms with E-state index in [0.717, 1.165) is 5.56 Å². The lowest BCUT2D eigenvalue weighted by atomic mass is 10.1. The zero-order valence-electron chi connectivity index (χ0n) is 12.9. The maximum absolute atomic E-state index is 11.9. The summed E-state index contributed by atoms with van der Waals surface area (Å²) < 4.78 is 5.36. The maximum atomic E-state index is 11.9. The minimum Gasteiger partial charge on any atom is -0.371 e. The van der Waals surface area contributed by atoms with Gasteiger partial charge in [-0.2, -0.15) is 0 Å². The lowest BCUT2D eigenvalue weighted by Gasteiger charge is -2.02. The molecule has 1 heterocycles. The van der Waals surface area contributed by atoms with E-state index in [1.807, 2.05) is 30.3 Å². The van der Waals surface area contributed by atoms with Gasteiger partial charge in [0, 0.05) is 12.5 Å². The number of amides is 1. The number of hydrogen-bond acceptors (Lipinski definition) is 5. The number of ketones is 1. The Hall–Kier alpha value is -2.05. The van der Waals surface area contributed by atoms with Crippen LogP contribution in [0.25, 0.3) is 11.3 Å². The topological polar surface area (TPSA) is 68.3 Å². The predicted octanol–water partition coefficient (Wildman–Crippen LogP) is 3.38. The van der Waals surface area contributed by atoms with E-state index in [0.29, 0.717) is 28.2 Å². The van der Waals surface area contributed by atoms with Gasteiger partial charge >= 0.3 is 0 Å². The molecule has 1 aliphatic carbocycles. The summed E-state index contributed by atoms with van der Waals surface area (Å²) in [6.07, 6.45) is 2.38. The predicted molar refractivity (Wildman–Crippen MR) is 89.7 cm³/mol. The van der Waals surface area contributed by atoms with Crippen molar-refractivity contribution >= 4 is 28.2 Å². The van der Waals surface area contributed by atoms with Gasteiger partial charge in [-0.3, -0.25) is 14.9 Å². The van der Waals surface area contributed by atoms with E-state index < -0.39 is 0 Å². The Morgan fingerprint density at radius 2 is 2.04 bits per heavy atom. The Morgan fingerprint density at radius 1 is 1.30 bits per heavy atom. The van der Waals surface area contributed by atoms with Crippen molar-refractivity contribution in [1.82, 2.24) is 4.98 Å². The average Bonchev–Trinajstić information content (AvgIpc) is 3.26. The van der Waals surface area contributed by atoms with Gasteiger partial charge in [0.1, 0.15) is 6.61 Å². The molecule has 1 aromatic carbocycles. The molecule has 0 bridgehead atoms. The molecule has 0 aliphatic heterocycles. The molecule has 5 nitrogen and oxygen atoms in total. The molecule has 0 spiro atoms. The second-order valence-corrected chi connectivity index (χ2v) is 6.62. The van der Waals surface area contributed by atoms with Crippen molar-refractivity contribution in [1.29, 1.82) is 0 Å². The van der Waals surface area contributed by atoms with E-state index in [2.05, 4.69) is 10.3 Å². The number of carbonyl (C=O) groups is 2. The minimum atomic E-state index is -0.242. The summed E-state index contributed by atoms with van der Waals surface area (Å²) in [5.74, 6) is 0.317. The first-order valence-electron chi connectivity index (χ1n) is 7.58. The molecule has 120 valence electrons. The molecule has 0 radical (unpaired) electrons. The lowest BCUT2D eigenvalue weighted by Crippen LogP contribution is -2.18. The summed E-state index contributed by atoms with van der Waals surface area (Å²) in [5, 5.41) is 3.14. The van der Waals surface area contributed by atoms with E-state index in [4.69, 9.17) is 4.74 Å². The highest BCUT2D eigenvalue weighted by Gasteiger charge is 2.22. The number of anilines is 1. The van der Waals surface area contributed by atoms with Gasteiger partial charge in [0.2, 0.25) is 0 Å². The number of rotatable bonds is 7. The summed E-state index contributed by atoms with van der Waals surface area (Å²) >= 11 is 1.19. The third-order valence-corrected chi connectivity index (χ3v) is 4.60. The number of benzene rings is 1. The first-order valence-corrected chi connectivity index (χ1v) is 8.40. The number of thiazole rings is 1. The van der Waals surface area contributed by atoms with Crippen LogP contribution in [0.4, 0.5) is 5.13 Å². The van der Waals surface area contributed by atoms with Crippen molar-refractivity contribution in [2.75, 3.05) is 18.5 Å². The Balaban J connectivity index is 1.69. The molecule has 1 N–H and O–H groups in total. The van der Waals surface area contributed by atoms with Gasteiger partial charge in [-0.1, -0.05) is 41.7 Å². The first kappa shape index (κ1) is 15.8. The molecule has 6 heteroatoms. The summed E-state index contributed by atoms with van der Waals surface area (Å²) in [4.78, 5) is 28.7. The second-order valence-electron chi connectivity index (χ2n) is 5.63. The molecule has 3 rings (SSSR count). The van der Waals surface area contributed by atoms with E-state index in [9.17, 15) is 9.59 Å². The Morgan fingerprint density at radius 3 is 2.70 bits per heavy atom. The standard InChI is InChI=1S/C17H18N2O3S/c1-11(20)16-15(13-5-3-2-4-6-13)19-17(23-16)18-14(21)10-22-9-12-7-8-12/h2-6,12H,7-10H2,1H3,(H,18,19,21). The number of hydrogen-bond donors (Lipinski definition) is 1. The molecule has 1 amide bonds. The molecule has 2 aromatic rings.